The molecule has 0 bridgehead atoms. The highest BCUT2D eigenvalue weighted by Crippen LogP contribution is 2.45. The number of nitrogens with zero attached hydrogens (tertiary/aromatic N) is 2. The number of fused-ring (bicyclic) bond motifs is 1. The van der Waals surface area contributed by atoms with Gasteiger partial charge in [0.2, 0.25) is 0 Å². The van der Waals surface area contributed by atoms with E-state index >= 15 is 0 Å². The number of anilines is 1. The van der Waals surface area contributed by atoms with Crippen LogP contribution in [0.2, 0.25) is 0 Å². The molecule has 11 heteroatoms. The molecule has 0 aromatic heterocycles. The Kier molecular flexibility index (Phi) is 6.72. The molecule has 3 N–H and O–H groups in total. The molecule has 37 heavy (non-hydrogen) atoms. The molecule has 1 atom stereocenters. The van der Waals surface area contributed by atoms with Crippen molar-refractivity contribution in [2.24, 2.45) is 5.73 Å². The second-order valence-corrected chi connectivity index (χ2v) is 9.33. The molecule has 1 aliphatic rings. The molecular formula is C26H21N3O7S. The molecule has 0 fully saturated rings. The van der Waals surface area contributed by atoms with Crippen molar-refractivity contribution in [3.63, 3.8) is 0 Å². The van der Waals surface area contributed by atoms with Crippen LogP contribution in [0.15, 0.2) is 94.3 Å². The maximum Gasteiger partial charge on any atom is 0.355 e. The molecule has 0 aliphatic carbocycles. The first-order chi connectivity index (χ1) is 17.6. The van der Waals surface area contributed by atoms with E-state index in [-0.39, 0.29) is 33.7 Å². The van der Waals surface area contributed by atoms with Crippen LogP contribution in [0.25, 0.3) is 10.8 Å². The summed E-state index contributed by atoms with van der Waals surface area (Å²) in [6.07, 6.45) is 0. The monoisotopic (exact) mass is 519 g/mol. The van der Waals surface area contributed by atoms with Gasteiger partial charge in [-0.3, -0.25) is 9.45 Å². The van der Waals surface area contributed by atoms with E-state index in [9.17, 15) is 27.8 Å². The molecule has 1 unspecified atom stereocenters. The van der Waals surface area contributed by atoms with Crippen molar-refractivity contribution in [1.82, 2.24) is 0 Å². The minimum absolute atomic E-state index is 0.0107. The molecule has 0 saturated heterocycles. The van der Waals surface area contributed by atoms with E-state index in [0.717, 1.165) is 19.1 Å². The first kappa shape index (κ1) is 25.4. The third-order valence-electron chi connectivity index (χ3n) is 5.97. The molecule has 0 radical (unpaired) electrons. The number of ether oxygens (including phenoxy) is 2. The molecule has 0 spiro atoms. The van der Waals surface area contributed by atoms with E-state index in [1.807, 2.05) is 6.07 Å². The third kappa shape index (κ3) is 4.29. The predicted molar refractivity (Wildman–Crippen MR) is 133 cm³/mol. The number of hydrogen-bond acceptors (Lipinski definition) is 9. The van der Waals surface area contributed by atoms with Crippen LogP contribution in [0, 0.1) is 11.3 Å². The summed E-state index contributed by atoms with van der Waals surface area (Å²) in [6, 6.07) is 19.3. The van der Waals surface area contributed by atoms with E-state index in [1.54, 1.807) is 48.5 Å². The molecule has 0 saturated carbocycles. The summed E-state index contributed by atoms with van der Waals surface area (Å²) >= 11 is 0. The van der Waals surface area contributed by atoms with E-state index in [0.29, 0.717) is 10.9 Å². The minimum Gasteiger partial charge on any atom is -0.466 e. The highest BCUT2D eigenvalue weighted by Gasteiger charge is 2.43. The van der Waals surface area contributed by atoms with Gasteiger partial charge < -0.3 is 15.2 Å². The van der Waals surface area contributed by atoms with Crippen molar-refractivity contribution in [2.75, 3.05) is 19.1 Å². The Morgan fingerprint density at radius 1 is 0.973 bits per heavy atom. The molecule has 3 aromatic carbocycles. The smallest absolute Gasteiger partial charge is 0.355 e. The Bertz CT molecular complexity index is 1630. The molecule has 1 aliphatic heterocycles. The Hall–Kier alpha value is -4.66. The SMILES string of the molecule is COC(=O)C1=C(C(=O)OC)N(c2cccc3cccc(S(=O)(=O)O)c23)C(N)=C(C#N)C1c1ccccc1. The fourth-order valence-corrected chi connectivity index (χ4v) is 5.18. The van der Waals surface area contributed by atoms with Gasteiger partial charge in [-0.15, -0.1) is 0 Å². The zero-order valence-electron chi connectivity index (χ0n) is 19.7. The van der Waals surface area contributed by atoms with Gasteiger partial charge in [0.15, 0.2) is 0 Å². The van der Waals surface area contributed by atoms with Gasteiger partial charge in [-0.05, 0) is 23.1 Å². The van der Waals surface area contributed by atoms with Gasteiger partial charge in [-0.1, -0.05) is 54.6 Å². The van der Waals surface area contributed by atoms with E-state index < -0.39 is 32.9 Å². The Morgan fingerprint density at radius 3 is 2.16 bits per heavy atom. The lowest BCUT2D eigenvalue weighted by Crippen LogP contribution is -2.41. The number of methoxy groups -OCH3 is 2. The normalized spacial score (nSPS) is 15.9. The van der Waals surface area contributed by atoms with Crippen LogP contribution in [0.5, 0.6) is 0 Å². The second-order valence-electron chi connectivity index (χ2n) is 7.94. The quantitative estimate of drug-likeness (QED) is 0.379. The average Bonchev–Trinajstić information content (AvgIpc) is 2.90. The summed E-state index contributed by atoms with van der Waals surface area (Å²) in [6.45, 7) is 0. The molecule has 1 heterocycles. The number of carbonyl (C=O) groups is 2. The number of rotatable bonds is 5. The highest BCUT2D eigenvalue weighted by molar-refractivity contribution is 7.86. The van der Waals surface area contributed by atoms with Crippen LogP contribution >= 0.6 is 0 Å². The van der Waals surface area contributed by atoms with Crippen molar-refractivity contribution < 1.29 is 32.0 Å². The lowest BCUT2D eigenvalue weighted by Gasteiger charge is -2.36. The van der Waals surface area contributed by atoms with Gasteiger partial charge in [0, 0.05) is 5.39 Å². The van der Waals surface area contributed by atoms with Crippen molar-refractivity contribution >= 4 is 38.5 Å². The van der Waals surface area contributed by atoms with Gasteiger partial charge in [-0.25, -0.2) is 9.59 Å². The standard InChI is InChI=1S/C26H21N3O7S/c1-35-25(30)22-20(15-8-4-3-5-9-15)17(14-27)24(28)29(23(22)26(31)36-2)18-12-6-10-16-11-7-13-19(21(16)18)37(32,33)34/h3-13,20H,28H2,1-2H3,(H,32,33,34). The minimum atomic E-state index is -4.73. The largest absolute Gasteiger partial charge is 0.466 e. The average molecular weight is 520 g/mol. The van der Waals surface area contributed by atoms with Gasteiger partial charge >= 0.3 is 11.9 Å². The van der Waals surface area contributed by atoms with Gasteiger partial charge in [0.05, 0.1) is 43.0 Å². The van der Waals surface area contributed by atoms with Crippen molar-refractivity contribution in [2.45, 2.75) is 10.8 Å². The first-order valence-corrected chi connectivity index (χ1v) is 12.2. The van der Waals surface area contributed by atoms with Gasteiger partial charge in [-0.2, -0.15) is 13.7 Å². The molecule has 188 valence electrons. The summed E-state index contributed by atoms with van der Waals surface area (Å²) in [5.41, 5.74) is 6.34. The number of nitrogens with two attached hydrogens (primary N) is 1. The van der Waals surface area contributed by atoms with Gasteiger partial charge in [0.1, 0.15) is 16.4 Å². The van der Waals surface area contributed by atoms with Crippen LogP contribution in [0.3, 0.4) is 0 Å². The molecular weight excluding hydrogens is 498 g/mol. The van der Waals surface area contributed by atoms with Crippen LogP contribution in [-0.2, 0) is 29.2 Å². The highest BCUT2D eigenvalue weighted by atomic mass is 32.2. The second kappa shape index (κ2) is 9.77. The predicted octanol–water partition coefficient (Wildman–Crippen LogP) is 2.98. The molecule has 3 aromatic rings. The molecule has 4 rings (SSSR count). The zero-order chi connectivity index (χ0) is 26.9. The summed E-state index contributed by atoms with van der Waals surface area (Å²) in [5.74, 6) is -3.22. The van der Waals surface area contributed by atoms with E-state index in [4.69, 9.17) is 15.2 Å². The summed E-state index contributed by atoms with van der Waals surface area (Å²) in [4.78, 5) is 27.1. The third-order valence-corrected chi connectivity index (χ3v) is 6.87. The Morgan fingerprint density at radius 2 is 1.59 bits per heavy atom. The number of benzene rings is 3. The van der Waals surface area contributed by atoms with Crippen molar-refractivity contribution in [1.29, 1.82) is 5.26 Å². The summed E-state index contributed by atoms with van der Waals surface area (Å²) in [5, 5.41) is 10.6. The van der Waals surface area contributed by atoms with Crippen LogP contribution in [0.4, 0.5) is 5.69 Å². The first-order valence-electron chi connectivity index (χ1n) is 10.8. The van der Waals surface area contributed by atoms with Crippen LogP contribution in [0.1, 0.15) is 11.5 Å². The number of hydrogen-bond donors (Lipinski definition) is 2. The van der Waals surface area contributed by atoms with Crippen LogP contribution < -0.4 is 10.6 Å². The number of nitriles is 1. The van der Waals surface area contributed by atoms with Crippen molar-refractivity contribution in [3.8, 4) is 6.07 Å². The molecule has 10 nitrogen and oxygen atoms in total. The fourth-order valence-electron chi connectivity index (χ4n) is 4.45. The lowest BCUT2D eigenvalue weighted by atomic mass is 9.80. The number of allylic oxidation sites excluding steroid dienone is 1. The topological polar surface area (TPSA) is 160 Å². The van der Waals surface area contributed by atoms with Gasteiger partial charge in [0.25, 0.3) is 10.1 Å². The fraction of sp³-hybridized carbons (Fsp3) is 0.115. The van der Waals surface area contributed by atoms with E-state index in [2.05, 4.69) is 0 Å². The Labute approximate surface area is 212 Å². The number of esters is 2. The summed E-state index contributed by atoms with van der Waals surface area (Å²) in [7, 11) is -2.50. The maximum absolute atomic E-state index is 13.3. The molecule has 0 amide bonds. The zero-order valence-corrected chi connectivity index (χ0v) is 20.5. The van der Waals surface area contributed by atoms with Crippen molar-refractivity contribution in [3.05, 3.63) is 95.0 Å². The maximum atomic E-state index is 13.3. The van der Waals surface area contributed by atoms with E-state index in [1.165, 1.54) is 18.2 Å². The van der Waals surface area contributed by atoms with Crippen LogP contribution in [-0.4, -0.2) is 39.1 Å². The lowest BCUT2D eigenvalue weighted by molar-refractivity contribution is -0.139. The Balaban J connectivity index is 2.20. The number of carbonyl (C=O) groups excluding carboxylic acids is 2. The summed E-state index contributed by atoms with van der Waals surface area (Å²) < 4.78 is 44.5.